The maximum absolute atomic E-state index is 14.6. The van der Waals surface area contributed by atoms with Crippen LogP contribution in [0.2, 0.25) is 0 Å². The van der Waals surface area contributed by atoms with E-state index in [1.165, 1.54) is 25.9 Å². The third kappa shape index (κ3) is 2.63. The number of carbonyl (C=O) groups excluding carboxylic acids is 2. The highest BCUT2D eigenvalue weighted by atomic mass is 33.1. The first-order valence-corrected chi connectivity index (χ1v) is 16.7. The molecular formula is C30H25N3O4S3. The van der Waals surface area contributed by atoms with Crippen molar-refractivity contribution >= 4 is 54.7 Å². The third-order valence-electron chi connectivity index (χ3n) is 9.29. The lowest BCUT2D eigenvalue weighted by molar-refractivity contribution is -0.163. The van der Waals surface area contributed by atoms with E-state index in [-0.39, 0.29) is 23.1 Å². The van der Waals surface area contributed by atoms with E-state index in [2.05, 4.69) is 18.2 Å². The summed E-state index contributed by atoms with van der Waals surface area (Å²) < 4.78 is 30.7. The molecule has 1 spiro atoms. The predicted octanol–water partition coefficient (Wildman–Crippen LogP) is 4.61. The van der Waals surface area contributed by atoms with Gasteiger partial charge < -0.3 is 4.90 Å². The second kappa shape index (κ2) is 7.74. The molecule has 4 atom stereocenters. The summed E-state index contributed by atoms with van der Waals surface area (Å²) in [7, 11) is 0.362. The number of benzene rings is 3. The van der Waals surface area contributed by atoms with Crippen LogP contribution in [0.5, 0.6) is 0 Å². The minimum absolute atomic E-state index is 0.147. The zero-order chi connectivity index (χ0) is 27.7. The smallest absolute Gasteiger partial charge is 0.266 e. The van der Waals surface area contributed by atoms with E-state index >= 15 is 0 Å². The SMILES string of the molecule is CN1C(=O)[C@]23C[C@]4(C5=CCc6ccccc65)c5ccccc5N(S(=O)(=O)c5ccccc5)[C@@H]4N2C(=O)[C@@]1(C)SS3. The minimum atomic E-state index is -4.13. The van der Waals surface area contributed by atoms with Crippen LogP contribution in [-0.4, -0.2) is 53.0 Å². The molecule has 10 heteroatoms. The summed E-state index contributed by atoms with van der Waals surface area (Å²) in [5.41, 5.74) is 3.62. The Balaban J connectivity index is 1.47. The molecule has 0 unspecified atom stereocenters. The number of rotatable bonds is 3. The molecule has 4 fully saturated rings. The first-order valence-electron chi connectivity index (χ1n) is 13.1. The van der Waals surface area contributed by atoms with Gasteiger partial charge in [-0.1, -0.05) is 88.3 Å². The van der Waals surface area contributed by atoms with Gasteiger partial charge >= 0.3 is 0 Å². The van der Waals surface area contributed by atoms with E-state index in [0.29, 0.717) is 12.1 Å². The molecule has 0 saturated carbocycles. The lowest BCUT2D eigenvalue weighted by atomic mass is 9.70. The summed E-state index contributed by atoms with van der Waals surface area (Å²) >= 11 is 0. The average molecular weight is 588 g/mol. The number of fused-ring (bicyclic) bond motifs is 6. The molecule has 3 aromatic carbocycles. The van der Waals surface area contributed by atoms with Crippen molar-refractivity contribution in [3.8, 4) is 0 Å². The monoisotopic (exact) mass is 587 g/mol. The van der Waals surface area contributed by atoms with Gasteiger partial charge in [-0.05, 0) is 53.8 Å². The summed E-state index contributed by atoms with van der Waals surface area (Å²) in [6, 6.07) is 24.1. The Labute approximate surface area is 240 Å². The Kier molecular flexibility index (Phi) is 4.76. The first kappa shape index (κ1) is 24.6. The fourth-order valence-corrected chi connectivity index (χ4v) is 12.5. The van der Waals surface area contributed by atoms with Gasteiger partial charge in [-0.3, -0.25) is 14.5 Å². The van der Waals surface area contributed by atoms with Crippen molar-refractivity contribution in [3.05, 3.63) is 102 Å². The second-order valence-electron chi connectivity index (χ2n) is 11.1. The molecule has 0 aromatic heterocycles. The van der Waals surface area contributed by atoms with Gasteiger partial charge in [-0.25, -0.2) is 12.7 Å². The largest absolute Gasteiger partial charge is 0.319 e. The van der Waals surface area contributed by atoms with Crippen molar-refractivity contribution in [3.63, 3.8) is 0 Å². The number of amides is 2. The summed E-state index contributed by atoms with van der Waals surface area (Å²) in [5, 5.41) is 0. The Morgan fingerprint density at radius 1 is 0.875 bits per heavy atom. The number of hydrogen-bond donors (Lipinski definition) is 0. The molecular weight excluding hydrogens is 563 g/mol. The van der Waals surface area contributed by atoms with Gasteiger partial charge in [0, 0.05) is 13.5 Å². The highest BCUT2D eigenvalue weighted by molar-refractivity contribution is 8.78. The zero-order valence-corrected chi connectivity index (χ0v) is 24.2. The highest BCUT2D eigenvalue weighted by Crippen LogP contribution is 2.72. The van der Waals surface area contributed by atoms with Gasteiger partial charge in [0.1, 0.15) is 6.17 Å². The van der Waals surface area contributed by atoms with Crippen LogP contribution in [0, 0.1) is 0 Å². The molecule has 5 heterocycles. The summed E-state index contributed by atoms with van der Waals surface area (Å²) in [5.74, 6) is -0.397. The molecule has 5 aliphatic heterocycles. The van der Waals surface area contributed by atoms with Crippen molar-refractivity contribution in [2.45, 2.75) is 46.0 Å². The van der Waals surface area contributed by atoms with E-state index in [9.17, 15) is 18.0 Å². The maximum atomic E-state index is 14.6. The Hall–Kier alpha value is -3.21. The second-order valence-corrected chi connectivity index (χ2v) is 15.7. The van der Waals surface area contributed by atoms with E-state index in [4.69, 9.17) is 0 Å². The molecule has 202 valence electrons. The molecule has 9 rings (SSSR count). The lowest BCUT2D eigenvalue weighted by Crippen LogP contribution is -2.76. The number of carbonyl (C=O) groups is 2. The normalized spacial score (nSPS) is 31.7. The third-order valence-corrected chi connectivity index (χ3v) is 14.8. The summed E-state index contributed by atoms with van der Waals surface area (Å²) in [4.78, 5) is 29.7. The Bertz CT molecular complexity index is 1790. The number of allylic oxidation sites excluding steroid dienone is 1. The van der Waals surface area contributed by atoms with Crippen LogP contribution in [0.3, 0.4) is 0 Å². The standard InChI is InChI=1S/C30H25N3O4S3/c1-28-26(34)32-25-29(18-30(32,39-38-28)27(35)31(28)2,22-17-16-19-10-6-7-13-21(19)22)23-14-8-9-15-24(23)33(25)40(36,37)20-11-4-3-5-12-20/h3-15,17,25H,16,18H2,1-2H3/t25-,28+,29-,30+/m0/s1. The quantitative estimate of drug-likeness (QED) is 0.417. The Morgan fingerprint density at radius 2 is 1.57 bits per heavy atom. The van der Waals surface area contributed by atoms with Crippen LogP contribution < -0.4 is 4.31 Å². The van der Waals surface area contributed by atoms with Gasteiger partial charge in [0.05, 0.1) is 16.0 Å². The molecule has 3 aromatic rings. The fraction of sp³-hybridized carbons (Fsp3) is 0.267. The summed E-state index contributed by atoms with van der Waals surface area (Å²) in [6.45, 7) is 1.76. The van der Waals surface area contributed by atoms with Gasteiger partial charge in [-0.2, -0.15) is 0 Å². The lowest BCUT2D eigenvalue weighted by Gasteiger charge is -2.58. The topological polar surface area (TPSA) is 78.0 Å². The molecule has 40 heavy (non-hydrogen) atoms. The van der Waals surface area contributed by atoms with Gasteiger partial charge in [0.25, 0.3) is 21.8 Å². The van der Waals surface area contributed by atoms with Crippen molar-refractivity contribution in [1.29, 1.82) is 0 Å². The molecule has 2 bridgehead atoms. The highest BCUT2D eigenvalue weighted by Gasteiger charge is 2.79. The van der Waals surface area contributed by atoms with E-state index in [1.807, 2.05) is 36.4 Å². The number of para-hydroxylation sites is 1. The first-order chi connectivity index (χ1) is 19.2. The fourth-order valence-electron chi connectivity index (χ4n) is 7.36. The minimum Gasteiger partial charge on any atom is -0.319 e. The molecule has 4 saturated heterocycles. The average Bonchev–Trinajstić information content (AvgIpc) is 3.61. The molecule has 6 aliphatic rings. The van der Waals surface area contributed by atoms with Crippen molar-refractivity contribution in [2.75, 3.05) is 11.4 Å². The molecule has 2 amide bonds. The van der Waals surface area contributed by atoms with Gasteiger partial charge in [-0.15, -0.1) is 0 Å². The molecule has 7 nitrogen and oxygen atoms in total. The number of anilines is 1. The van der Waals surface area contributed by atoms with E-state index in [0.717, 1.165) is 22.3 Å². The predicted molar refractivity (Wildman–Crippen MR) is 157 cm³/mol. The Morgan fingerprint density at radius 3 is 2.38 bits per heavy atom. The molecule has 1 aliphatic carbocycles. The van der Waals surface area contributed by atoms with Crippen LogP contribution in [0.15, 0.2) is 89.8 Å². The van der Waals surface area contributed by atoms with Crippen molar-refractivity contribution in [2.24, 2.45) is 0 Å². The van der Waals surface area contributed by atoms with Gasteiger partial charge in [0.15, 0.2) is 9.74 Å². The number of hydrogen-bond acceptors (Lipinski definition) is 6. The van der Waals surface area contributed by atoms with Crippen molar-refractivity contribution < 1.29 is 18.0 Å². The van der Waals surface area contributed by atoms with Crippen LogP contribution in [-0.2, 0) is 31.4 Å². The van der Waals surface area contributed by atoms with E-state index in [1.54, 1.807) is 54.1 Å². The van der Waals surface area contributed by atoms with Crippen LogP contribution >= 0.6 is 21.6 Å². The van der Waals surface area contributed by atoms with Crippen LogP contribution in [0.25, 0.3) is 5.57 Å². The number of sulfonamides is 1. The van der Waals surface area contributed by atoms with Gasteiger partial charge in [0.2, 0.25) is 0 Å². The van der Waals surface area contributed by atoms with Crippen molar-refractivity contribution in [1.82, 2.24) is 9.80 Å². The van der Waals surface area contributed by atoms with E-state index < -0.39 is 31.3 Å². The molecule has 0 N–H and O–H groups in total. The van der Waals surface area contributed by atoms with Crippen LogP contribution in [0.4, 0.5) is 5.69 Å². The van der Waals surface area contributed by atoms with Crippen LogP contribution in [0.1, 0.15) is 30.0 Å². The molecule has 0 radical (unpaired) electrons. The number of likely N-dealkylation sites (N-methyl/N-ethyl adjacent to an activating group) is 1. The number of nitrogens with zero attached hydrogens (tertiary/aromatic N) is 3. The zero-order valence-electron chi connectivity index (χ0n) is 21.8. The number of piperazine rings is 1. The maximum Gasteiger partial charge on any atom is 0.266 e. The summed E-state index contributed by atoms with van der Waals surface area (Å²) in [6.07, 6.45) is 2.23.